The number of urea groups is 1. The van der Waals surface area contributed by atoms with E-state index in [0.29, 0.717) is 21.7 Å². The smallest absolute Gasteiger partial charge is 0.322 e. The largest absolute Gasteiger partial charge is 0.451 e. The predicted molar refractivity (Wildman–Crippen MR) is 95.1 cm³/mol. The third-order valence-electron chi connectivity index (χ3n) is 4.42. The molecule has 2 aromatic heterocycles. The third-order valence-corrected chi connectivity index (χ3v) is 4.65. The Kier molecular flexibility index (Phi) is 3.88. The number of rotatable bonds is 4. The highest BCUT2D eigenvalue weighted by molar-refractivity contribution is 6.31. The van der Waals surface area contributed by atoms with Gasteiger partial charge in [0.2, 0.25) is 0 Å². The average molecular weight is 388 g/mol. The summed E-state index contributed by atoms with van der Waals surface area (Å²) >= 11 is 5.94. The predicted octanol–water partition coefficient (Wildman–Crippen LogP) is 1.28. The molecule has 0 saturated carbocycles. The molecule has 1 fully saturated rings. The van der Waals surface area contributed by atoms with Crippen molar-refractivity contribution in [1.29, 1.82) is 0 Å². The van der Waals surface area contributed by atoms with E-state index in [2.05, 4.69) is 21.0 Å². The SMILES string of the molecule is Cn1nccc1[C@]1(CNC(=O)c2cc3cc(Cl)ccc3o2)NC(=O)NC1=O. The van der Waals surface area contributed by atoms with Gasteiger partial charge in [-0.3, -0.25) is 19.6 Å². The molecule has 1 aromatic carbocycles. The second-order valence-electron chi connectivity index (χ2n) is 6.13. The van der Waals surface area contributed by atoms with Gasteiger partial charge < -0.3 is 15.1 Å². The molecule has 27 heavy (non-hydrogen) atoms. The summed E-state index contributed by atoms with van der Waals surface area (Å²) in [7, 11) is 1.64. The number of imide groups is 1. The second-order valence-corrected chi connectivity index (χ2v) is 6.57. The standard InChI is InChI=1S/C17H14ClN5O4/c1-23-13(4-5-20-23)17(15(25)21-16(26)22-17)8-19-14(24)12-7-9-6-10(18)2-3-11(9)27-12/h2-7H,8H2,1H3,(H,19,24)(H2,21,22,25,26)/t17-/m0/s1. The van der Waals surface area contributed by atoms with Crippen molar-refractivity contribution in [2.45, 2.75) is 5.54 Å². The molecule has 3 aromatic rings. The maximum atomic E-state index is 12.5. The van der Waals surface area contributed by atoms with Crippen molar-refractivity contribution in [2.75, 3.05) is 6.54 Å². The summed E-state index contributed by atoms with van der Waals surface area (Å²) in [5.41, 5.74) is -0.520. The number of fused-ring (bicyclic) bond motifs is 1. The Morgan fingerprint density at radius 3 is 2.81 bits per heavy atom. The maximum absolute atomic E-state index is 12.5. The Morgan fingerprint density at radius 1 is 1.33 bits per heavy atom. The first-order valence-corrected chi connectivity index (χ1v) is 8.36. The summed E-state index contributed by atoms with van der Waals surface area (Å²) < 4.78 is 6.98. The normalized spacial score (nSPS) is 19.2. The lowest BCUT2D eigenvalue weighted by atomic mass is 9.95. The number of furan rings is 1. The van der Waals surface area contributed by atoms with Crippen molar-refractivity contribution in [2.24, 2.45) is 7.05 Å². The van der Waals surface area contributed by atoms with E-state index in [1.165, 1.54) is 10.9 Å². The lowest BCUT2D eigenvalue weighted by Crippen LogP contribution is -2.53. The molecule has 0 aliphatic carbocycles. The van der Waals surface area contributed by atoms with Gasteiger partial charge in [0.15, 0.2) is 11.3 Å². The van der Waals surface area contributed by atoms with Gasteiger partial charge in [-0.25, -0.2) is 4.79 Å². The molecular weight excluding hydrogens is 374 g/mol. The first-order valence-electron chi connectivity index (χ1n) is 7.98. The van der Waals surface area contributed by atoms with Crippen LogP contribution in [0, 0.1) is 0 Å². The summed E-state index contributed by atoms with van der Waals surface area (Å²) in [5, 5.41) is 12.6. The maximum Gasteiger partial charge on any atom is 0.322 e. The second kappa shape index (κ2) is 6.13. The number of aryl methyl sites for hydroxylation is 1. The monoisotopic (exact) mass is 387 g/mol. The highest BCUT2D eigenvalue weighted by Crippen LogP contribution is 2.25. The lowest BCUT2D eigenvalue weighted by Gasteiger charge is -2.26. The Balaban J connectivity index is 1.61. The van der Waals surface area contributed by atoms with E-state index in [-0.39, 0.29) is 12.3 Å². The van der Waals surface area contributed by atoms with E-state index in [9.17, 15) is 14.4 Å². The van der Waals surface area contributed by atoms with Crippen LogP contribution in [0.25, 0.3) is 11.0 Å². The van der Waals surface area contributed by atoms with Gasteiger partial charge in [0.25, 0.3) is 11.8 Å². The minimum absolute atomic E-state index is 0.0668. The molecule has 1 aliphatic rings. The lowest BCUT2D eigenvalue weighted by molar-refractivity contribution is -0.124. The summed E-state index contributed by atoms with van der Waals surface area (Å²) in [6.07, 6.45) is 1.50. The number of benzene rings is 1. The molecule has 0 unspecified atom stereocenters. The molecule has 0 bridgehead atoms. The van der Waals surface area contributed by atoms with E-state index >= 15 is 0 Å². The van der Waals surface area contributed by atoms with Crippen molar-refractivity contribution < 1.29 is 18.8 Å². The van der Waals surface area contributed by atoms with Crippen LogP contribution >= 0.6 is 11.6 Å². The summed E-state index contributed by atoms with van der Waals surface area (Å²) in [5.74, 6) is -1.04. The van der Waals surface area contributed by atoms with Gasteiger partial charge in [0.05, 0.1) is 12.2 Å². The van der Waals surface area contributed by atoms with Crippen LogP contribution in [0.5, 0.6) is 0 Å². The molecule has 4 rings (SSSR count). The highest BCUT2D eigenvalue weighted by Gasteiger charge is 2.50. The van der Waals surface area contributed by atoms with E-state index in [4.69, 9.17) is 16.0 Å². The summed E-state index contributed by atoms with van der Waals surface area (Å²) in [6, 6.07) is 7.51. The molecule has 3 N–H and O–H groups in total. The zero-order valence-corrected chi connectivity index (χ0v) is 14.8. The fourth-order valence-electron chi connectivity index (χ4n) is 3.11. The van der Waals surface area contributed by atoms with E-state index < -0.39 is 23.4 Å². The zero-order chi connectivity index (χ0) is 19.2. The molecule has 3 heterocycles. The number of nitrogens with one attached hydrogen (secondary N) is 3. The number of nitrogens with zero attached hydrogens (tertiary/aromatic N) is 2. The van der Waals surface area contributed by atoms with Crippen molar-refractivity contribution in [3.63, 3.8) is 0 Å². The highest BCUT2D eigenvalue weighted by atomic mass is 35.5. The van der Waals surface area contributed by atoms with Crippen LogP contribution in [0.4, 0.5) is 4.79 Å². The minimum atomic E-state index is -1.46. The molecule has 4 amide bonds. The molecule has 1 aliphatic heterocycles. The van der Waals surface area contributed by atoms with Gasteiger partial charge in [-0.05, 0) is 30.3 Å². The summed E-state index contributed by atoms with van der Waals surface area (Å²) in [6.45, 7) is -0.180. The number of carbonyl (C=O) groups is 3. The number of aromatic nitrogens is 2. The van der Waals surface area contributed by atoms with Crippen molar-refractivity contribution in [3.05, 3.63) is 53.0 Å². The van der Waals surface area contributed by atoms with Gasteiger partial charge in [-0.1, -0.05) is 11.6 Å². The Bertz CT molecular complexity index is 1090. The van der Waals surface area contributed by atoms with Crippen molar-refractivity contribution in [3.8, 4) is 0 Å². The van der Waals surface area contributed by atoms with Gasteiger partial charge >= 0.3 is 6.03 Å². The van der Waals surface area contributed by atoms with Gasteiger partial charge in [-0.15, -0.1) is 0 Å². The number of amides is 4. The first-order chi connectivity index (χ1) is 12.9. The van der Waals surface area contributed by atoms with Crippen molar-refractivity contribution in [1.82, 2.24) is 25.7 Å². The number of carbonyl (C=O) groups excluding carboxylic acids is 3. The fraction of sp³-hybridized carbons (Fsp3) is 0.176. The quantitative estimate of drug-likeness (QED) is 0.583. The average Bonchev–Trinajstić information content (AvgIpc) is 3.30. The topological polar surface area (TPSA) is 118 Å². The molecule has 10 heteroatoms. The Labute approximate surface area is 157 Å². The molecule has 9 nitrogen and oxygen atoms in total. The van der Waals surface area contributed by atoms with E-state index in [1.54, 1.807) is 37.4 Å². The molecule has 0 spiro atoms. The molecule has 0 radical (unpaired) electrons. The molecule has 138 valence electrons. The van der Waals surface area contributed by atoms with Crippen LogP contribution in [0.15, 0.2) is 40.9 Å². The number of hydrogen-bond acceptors (Lipinski definition) is 5. The number of hydrogen-bond donors (Lipinski definition) is 3. The van der Waals surface area contributed by atoms with Crippen LogP contribution in [-0.2, 0) is 17.4 Å². The molecule has 1 atom stereocenters. The fourth-order valence-corrected chi connectivity index (χ4v) is 3.29. The molecule has 1 saturated heterocycles. The third kappa shape index (κ3) is 2.81. The van der Waals surface area contributed by atoms with E-state index in [1.807, 2.05) is 0 Å². The van der Waals surface area contributed by atoms with Crippen molar-refractivity contribution >= 4 is 40.4 Å². The van der Waals surface area contributed by atoms with Gasteiger partial charge in [0.1, 0.15) is 5.58 Å². The minimum Gasteiger partial charge on any atom is -0.451 e. The molecular formula is C17H14ClN5O4. The summed E-state index contributed by atoms with van der Waals surface area (Å²) in [4.78, 5) is 36.7. The van der Waals surface area contributed by atoms with Gasteiger partial charge in [0, 0.05) is 23.7 Å². The first kappa shape index (κ1) is 17.1. The Morgan fingerprint density at radius 2 is 2.15 bits per heavy atom. The number of halogens is 1. The van der Waals surface area contributed by atoms with Gasteiger partial charge in [-0.2, -0.15) is 5.10 Å². The zero-order valence-electron chi connectivity index (χ0n) is 14.1. The Hall–Kier alpha value is -3.33. The van der Waals surface area contributed by atoms with Crippen LogP contribution < -0.4 is 16.0 Å². The van der Waals surface area contributed by atoms with Crippen LogP contribution in [0.2, 0.25) is 5.02 Å². The van der Waals surface area contributed by atoms with E-state index in [0.717, 1.165) is 0 Å². The van der Waals surface area contributed by atoms with Crippen LogP contribution in [-0.4, -0.2) is 34.2 Å². The van der Waals surface area contributed by atoms with Crippen LogP contribution in [0.3, 0.4) is 0 Å². The van der Waals surface area contributed by atoms with Crippen LogP contribution in [0.1, 0.15) is 16.2 Å².